The van der Waals surface area contributed by atoms with Gasteiger partial charge < -0.3 is 14.8 Å². The average Bonchev–Trinajstić information content (AvgIpc) is 3.15. The van der Waals surface area contributed by atoms with E-state index in [2.05, 4.69) is 5.32 Å². The van der Waals surface area contributed by atoms with Crippen LogP contribution < -0.4 is 10.1 Å². The number of carbonyl (C=O) groups is 1. The Hall–Kier alpha value is -1.60. The largest absolute Gasteiger partial charge is 0.491 e. The van der Waals surface area contributed by atoms with Crippen LogP contribution in [-0.4, -0.2) is 51.2 Å². The topological polar surface area (TPSA) is 81.7 Å². The molecule has 1 N–H and O–H groups in total. The van der Waals surface area contributed by atoms with Gasteiger partial charge in [-0.25, -0.2) is 8.42 Å². The molecule has 2 heterocycles. The van der Waals surface area contributed by atoms with E-state index in [4.69, 9.17) is 9.47 Å². The molecule has 2 aliphatic heterocycles. The van der Waals surface area contributed by atoms with E-state index >= 15 is 0 Å². The summed E-state index contributed by atoms with van der Waals surface area (Å²) in [6, 6.07) is 6.62. The fraction of sp³-hybridized carbons (Fsp3) is 0.562. The molecule has 23 heavy (non-hydrogen) atoms. The molecule has 0 aromatic heterocycles. The van der Waals surface area contributed by atoms with Crippen molar-refractivity contribution in [3.8, 4) is 5.75 Å². The second kappa shape index (κ2) is 6.88. The normalized spacial score (nSPS) is 26.1. The summed E-state index contributed by atoms with van der Waals surface area (Å²) in [5.41, 5.74) is 0.471. The second-order valence-electron chi connectivity index (χ2n) is 6.05. The van der Waals surface area contributed by atoms with Crippen LogP contribution in [0.5, 0.6) is 5.75 Å². The molecule has 6 nitrogen and oxygen atoms in total. The van der Waals surface area contributed by atoms with Crippen LogP contribution in [0, 0.1) is 0 Å². The third-order valence-corrected chi connectivity index (χ3v) is 5.89. The molecule has 0 spiro atoms. The SMILES string of the molecule is O=C(N[C@@H]1CCS(=O)(=O)C1)c1cccc(OC[C@@H]2CCCO2)c1. The summed E-state index contributed by atoms with van der Waals surface area (Å²) in [6.45, 7) is 1.26. The number of carbonyl (C=O) groups excluding carboxylic acids is 1. The third-order valence-electron chi connectivity index (χ3n) is 4.12. The first kappa shape index (κ1) is 16.3. The predicted molar refractivity (Wildman–Crippen MR) is 85.4 cm³/mol. The van der Waals surface area contributed by atoms with Crippen molar-refractivity contribution in [2.75, 3.05) is 24.7 Å². The number of hydrogen-bond acceptors (Lipinski definition) is 5. The molecular weight excluding hydrogens is 318 g/mol. The number of benzene rings is 1. The van der Waals surface area contributed by atoms with Crippen molar-refractivity contribution < 1.29 is 22.7 Å². The zero-order valence-corrected chi connectivity index (χ0v) is 13.7. The maximum Gasteiger partial charge on any atom is 0.251 e. The summed E-state index contributed by atoms with van der Waals surface area (Å²) in [5.74, 6) is 0.512. The van der Waals surface area contributed by atoms with Gasteiger partial charge in [-0.1, -0.05) is 6.07 Å². The molecule has 2 aliphatic rings. The highest BCUT2D eigenvalue weighted by molar-refractivity contribution is 7.91. The molecule has 3 rings (SSSR count). The number of ether oxygens (including phenoxy) is 2. The second-order valence-corrected chi connectivity index (χ2v) is 8.28. The van der Waals surface area contributed by atoms with E-state index in [1.54, 1.807) is 24.3 Å². The number of sulfone groups is 1. The van der Waals surface area contributed by atoms with Gasteiger partial charge in [0.2, 0.25) is 0 Å². The number of nitrogens with one attached hydrogen (secondary N) is 1. The molecular formula is C16H21NO5S. The first-order valence-electron chi connectivity index (χ1n) is 7.88. The summed E-state index contributed by atoms with van der Waals surface area (Å²) in [7, 11) is -3.00. The van der Waals surface area contributed by atoms with Crippen LogP contribution in [0.3, 0.4) is 0 Å². The summed E-state index contributed by atoms with van der Waals surface area (Å²) in [4.78, 5) is 12.2. The van der Waals surface area contributed by atoms with Crippen LogP contribution >= 0.6 is 0 Å². The lowest BCUT2D eigenvalue weighted by molar-refractivity contribution is 0.0679. The molecule has 2 saturated heterocycles. The van der Waals surface area contributed by atoms with E-state index in [1.807, 2.05) is 0 Å². The molecule has 0 radical (unpaired) electrons. The molecule has 0 bridgehead atoms. The summed E-state index contributed by atoms with van der Waals surface area (Å²) in [5, 5.41) is 2.78. The lowest BCUT2D eigenvalue weighted by atomic mass is 10.1. The summed E-state index contributed by atoms with van der Waals surface area (Å²) in [6.07, 6.45) is 2.65. The van der Waals surface area contributed by atoms with E-state index in [0.717, 1.165) is 19.4 Å². The first-order chi connectivity index (χ1) is 11.0. The van der Waals surface area contributed by atoms with E-state index < -0.39 is 9.84 Å². The van der Waals surface area contributed by atoms with Gasteiger partial charge in [0, 0.05) is 18.2 Å². The van der Waals surface area contributed by atoms with Crippen LogP contribution in [0.2, 0.25) is 0 Å². The lowest BCUT2D eigenvalue weighted by Crippen LogP contribution is -2.35. The summed E-state index contributed by atoms with van der Waals surface area (Å²) >= 11 is 0. The Morgan fingerprint density at radius 2 is 2.22 bits per heavy atom. The highest BCUT2D eigenvalue weighted by atomic mass is 32.2. The minimum Gasteiger partial charge on any atom is -0.491 e. The van der Waals surface area contributed by atoms with E-state index in [1.165, 1.54) is 0 Å². The van der Waals surface area contributed by atoms with Gasteiger partial charge in [-0.3, -0.25) is 4.79 Å². The molecule has 0 saturated carbocycles. The molecule has 126 valence electrons. The quantitative estimate of drug-likeness (QED) is 0.871. The van der Waals surface area contributed by atoms with Crippen LogP contribution in [-0.2, 0) is 14.6 Å². The van der Waals surface area contributed by atoms with Crippen molar-refractivity contribution in [2.45, 2.75) is 31.4 Å². The maximum absolute atomic E-state index is 12.2. The average molecular weight is 339 g/mol. The Bertz CT molecular complexity index is 667. The predicted octanol–water partition coefficient (Wildman–Crippen LogP) is 1.16. The highest BCUT2D eigenvalue weighted by Gasteiger charge is 2.29. The van der Waals surface area contributed by atoms with Crippen molar-refractivity contribution in [2.24, 2.45) is 0 Å². The van der Waals surface area contributed by atoms with Crippen LogP contribution in [0.1, 0.15) is 29.6 Å². The van der Waals surface area contributed by atoms with Gasteiger partial charge in [-0.15, -0.1) is 0 Å². The van der Waals surface area contributed by atoms with Crippen molar-refractivity contribution in [1.82, 2.24) is 5.32 Å². The van der Waals surface area contributed by atoms with E-state index in [0.29, 0.717) is 24.3 Å². The van der Waals surface area contributed by atoms with Gasteiger partial charge >= 0.3 is 0 Å². The third kappa shape index (κ3) is 4.45. The number of hydrogen-bond donors (Lipinski definition) is 1. The smallest absolute Gasteiger partial charge is 0.251 e. The van der Waals surface area contributed by atoms with E-state index in [9.17, 15) is 13.2 Å². The maximum atomic E-state index is 12.2. The van der Waals surface area contributed by atoms with Gasteiger partial charge in [0.1, 0.15) is 12.4 Å². The molecule has 2 atom stereocenters. The Labute approximate surface area is 136 Å². The molecule has 1 aromatic rings. The lowest BCUT2D eigenvalue weighted by Gasteiger charge is -2.13. The van der Waals surface area contributed by atoms with Gasteiger partial charge in [-0.2, -0.15) is 0 Å². The highest BCUT2D eigenvalue weighted by Crippen LogP contribution is 2.18. The first-order valence-corrected chi connectivity index (χ1v) is 9.70. The standard InChI is InChI=1S/C16H21NO5S/c18-16(17-13-6-8-23(19,20)11-13)12-3-1-4-14(9-12)22-10-15-5-2-7-21-15/h1,3-4,9,13,15H,2,5-8,10-11H2,(H,17,18)/t13-,15+/m1/s1. The zero-order chi connectivity index (χ0) is 16.3. The van der Waals surface area contributed by atoms with Crippen LogP contribution in [0.15, 0.2) is 24.3 Å². The Morgan fingerprint density at radius 1 is 1.35 bits per heavy atom. The van der Waals surface area contributed by atoms with Crippen molar-refractivity contribution in [3.63, 3.8) is 0 Å². The molecule has 7 heteroatoms. The van der Waals surface area contributed by atoms with Gasteiger partial charge in [0.15, 0.2) is 9.84 Å². The minimum atomic E-state index is -3.00. The van der Waals surface area contributed by atoms with Crippen molar-refractivity contribution >= 4 is 15.7 Å². The Morgan fingerprint density at radius 3 is 2.91 bits per heavy atom. The van der Waals surface area contributed by atoms with E-state index in [-0.39, 0.29) is 29.6 Å². The van der Waals surface area contributed by atoms with Gasteiger partial charge in [0.05, 0.1) is 17.6 Å². The fourth-order valence-electron chi connectivity index (χ4n) is 2.87. The van der Waals surface area contributed by atoms with Gasteiger partial charge in [0.25, 0.3) is 5.91 Å². The van der Waals surface area contributed by atoms with Crippen LogP contribution in [0.4, 0.5) is 0 Å². The fourth-order valence-corrected chi connectivity index (χ4v) is 4.54. The molecule has 0 unspecified atom stereocenters. The molecule has 0 aliphatic carbocycles. The number of rotatable bonds is 5. The molecule has 1 aromatic carbocycles. The monoisotopic (exact) mass is 339 g/mol. The van der Waals surface area contributed by atoms with Gasteiger partial charge in [-0.05, 0) is 37.5 Å². The molecule has 2 fully saturated rings. The zero-order valence-electron chi connectivity index (χ0n) is 12.9. The Kier molecular flexibility index (Phi) is 4.87. The van der Waals surface area contributed by atoms with Crippen molar-refractivity contribution in [3.05, 3.63) is 29.8 Å². The van der Waals surface area contributed by atoms with Crippen molar-refractivity contribution in [1.29, 1.82) is 0 Å². The Balaban J connectivity index is 1.56. The van der Waals surface area contributed by atoms with Crippen LogP contribution in [0.25, 0.3) is 0 Å². The summed E-state index contributed by atoms with van der Waals surface area (Å²) < 4.78 is 34.1. The molecule has 1 amide bonds. The number of amides is 1. The minimum absolute atomic E-state index is 0.0218.